The maximum Gasteiger partial charge on any atom is 0.191 e. The molecule has 0 saturated carbocycles. The van der Waals surface area contributed by atoms with Crippen LogP contribution in [0, 0.1) is 13.8 Å². The molecular weight excluding hydrogens is 435 g/mol. The summed E-state index contributed by atoms with van der Waals surface area (Å²) in [5.41, 5.74) is 1.23. The van der Waals surface area contributed by atoms with E-state index in [1.54, 1.807) is 11.3 Å². The molecule has 1 aromatic heterocycles. The number of hydrogen-bond donors (Lipinski definition) is 2. The van der Waals surface area contributed by atoms with E-state index in [9.17, 15) is 0 Å². The molecule has 1 aromatic carbocycles. The molecule has 2 N–H and O–H groups in total. The van der Waals surface area contributed by atoms with Crippen LogP contribution < -0.4 is 15.4 Å². The van der Waals surface area contributed by atoms with Crippen LogP contribution in [0.3, 0.4) is 0 Å². The van der Waals surface area contributed by atoms with Crippen LogP contribution >= 0.6 is 35.3 Å². The molecule has 0 atom stereocenters. The number of guanidine groups is 1. The zero-order valence-corrected chi connectivity index (χ0v) is 17.5. The standard InChI is InChI=1S/C17H24N4OS.HI/c1-4-18-17(21-12-16-11-20-14(3)23-16)19-9-10-22-15-7-5-13(2)6-8-15;/h5-8,11H,4,9-10,12H2,1-3H3,(H2,18,19,21);1H. The average Bonchev–Trinajstić information content (AvgIpc) is 2.96. The lowest BCUT2D eigenvalue weighted by molar-refractivity contribution is 0.322. The molecule has 0 spiro atoms. The summed E-state index contributed by atoms with van der Waals surface area (Å²) in [4.78, 5) is 9.97. The van der Waals surface area contributed by atoms with Crippen LogP contribution in [0.25, 0.3) is 0 Å². The fraction of sp³-hybridized carbons (Fsp3) is 0.412. The fourth-order valence-electron chi connectivity index (χ4n) is 1.95. The third kappa shape index (κ3) is 7.48. The summed E-state index contributed by atoms with van der Waals surface area (Å²) in [6.45, 7) is 8.87. The number of aromatic nitrogens is 1. The van der Waals surface area contributed by atoms with Gasteiger partial charge in [-0.1, -0.05) is 17.7 Å². The van der Waals surface area contributed by atoms with E-state index in [1.807, 2.05) is 37.4 Å². The Morgan fingerprint density at radius 2 is 1.96 bits per heavy atom. The van der Waals surface area contributed by atoms with Crippen molar-refractivity contribution in [2.75, 3.05) is 19.7 Å². The highest BCUT2D eigenvalue weighted by atomic mass is 127. The number of nitrogens with one attached hydrogen (secondary N) is 2. The van der Waals surface area contributed by atoms with Gasteiger partial charge in [-0.25, -0.2) is 9.98 Å². The van der Waals surface area contributed by atoms with E-state index in [1.165, 1.54) is 5.56 Å². The molecule has 0 bridgehead atoms. The minimum absolute atomic E-state index is 0. The first-order valence-corrected chi connectivity index (χ1v) is 8.62. The van der Waals surface area contributed by atoms with Crippen LogP contribution in [0.4, 0.5) is 0 Å². The highest BCUT2D eigenvalue weighted by Crippen LogP contribution is 2.12. The van der Waals surface area contributed by atoms with Gasteiger partial charge < -0.3 is 15.4 Å². The van der Waals surface area contributed by atoms with E-state index in [0.29, 0.717) is 19.7 Å². The van der Waals surface area contributed by atoms with Gasteiger partial charge in [0.2, 0.25) is 0 Å². The molecule has 24 heavy (non-hydrogen) atoms. The lowest BCUT2D eigenvalue weighted by atomic mass is 10.2. The van der Waals surface area contributed by atoms with Gasteiger partial charge in [0.25, 0.3) is 0 Å². The van der Waals surface area contributed by atoms with E-state index in [-0.39, 0.29) is 24.0 Å². The van der Waals surface area contributed by atoms with Gasteiger partial charge in [-0.2, -0.15) is 0 Å². The smallest absolute Gasteiger partial charge is 0.191 e. The second-order valence-electron chi connectivity index (χ2n) is 5.13. The summed E-state index contributed by atoms with van der Waals surface area (Å²) in [6.07, 6.45) is 1.88. The van der Waals surface area contributed by atoms with E-state index in [2.05, 4.69) is 34.5 Å². The molecular formula is C17H25IN4OS. The Morgan fingerprint density at radius 3 is 2.58 bits per heavy atom. The monoisotopic (exact) mass is 460 g/mol. The summed E-state index contributed by atoms with van der Waals surface area (Å²) in [5.74, 6) is 1.69. The number of rotatable bonds is 7. The van der Waals surface area contributed by atoms with Gasteiger partial charge in [-0.15, -0.1) is 35.3 Å². The van der Waals surface area contributed by atoms with Crippen molar-refractivity contribution in [2.45, 2.75) is 27.3 Å². The van der Waals surface area contributed by atoms with Crippen molar-refractivity contribution in [3.63, 3.8) is 0 Å². The summed E-state index contributed by atoms with van der Waals surface area (Å²) >= 11 is 1.68. The van der Waals surface area contributed by atoms with Crippen molar-refractivity contribution >= 4 is 41.3 Å². The van der Waals surface area contributed by atoms with Crippen LogP contribution in [0.2, 0.25) is 0 Å². The first-order valence-electron chi connectivity index (χ1n) is 7.80. The summed E-state index contributed by atoms with van der Waals surface area (Å²) < 4.78 is 5.70. The number of hydrogen-bond acceptors (Lipinski definition) is 4. The number of nitrogens with zero attached hydrogens (tertiary/aromatic N) is 2. The third-order valence-corrected chi connectivity index (χ3v) is 3.99. The van der Waals surface area contributed by atoms with Crippen LogP contribution in [-0.4, -0.2) is 30.6 Å². The highest BCUT2D eigenvalue weighted by Gasteiger charge is 2.00. The SMILES string of the molecule is CCNC(=NCc1cnc(C)s1)NCCOc1ccc(C)cc1.I. The number of thiazole rings is 1. The Balaban J connectivity index is 0.00000288. The average molecular weight is 460 g/mol. The molecule has 2 aromatic rings. The third-order valence-electron chi connectivity index (χ3n) is 3.09. The molecule has 0 aliphatic rings. The predicted octanol–water partition coefficient (Wildman–Crippen LogP) is 3.51. The highest BCUT2D eigenvalue weighted by molar-refractivity contribution is 14.0. The lowest BCUT2D eigenvalue weighted by Gasteiger charge is -2.12. The Labute approximate surface area is 165 Å². The van der Waals surface area contributed by atoms with Gasteiger partial charge >= 0.3 is 0 Å². The quantitative estimate of drug-likeness (QED) is 0.288. The van der Waals surface area contributed by atoms with Gasteiger partial charge in [-0.05, 0) is 32.9 Å². The van der Waals surface area contributed by atoms with Crippen LogP contribution in [0.1, 0.15) is 22.4 Å². The van der Waals surface area contributed by atoms with Gasteiger partial charge in [0.05, 0.1) is 18.1 Å². The Bertz CT molecular complexity index is 628. The molecule has 0 amide bonds. The van der Waals surface area contributed by atoms with Gasteiger partial charge in [0, 0.05) is 17.6 Å². The molecule has 0 saturated heterocycles. The minimum Gasteiger partial charge on any atom is -0.492 e. The van der Waals surface area contributed by atoms with E-state index in [0.717, 1.165) is 28.1 Å². The van der Waals surface area contributed by atoms with Crippen molar-refractivity contribution in [1.82, 2.24) is 15.6 Å². The number of ether oxygens (including phenoxy) is 1. The van der Waals surface area contributed by atoms with Crippen LogP contribution in [0.15, 0.2) is 35.5 Å². The Morgan fingerprint density at radius 1 is 1.21 bits per heavy atom. The van der Waals surface area contributed by atoms with Crippen LogP contribution in [0.5, 0.6) is 5.75 Å². The van der Waals surface area contributed by atoms with Crippen molar-refractivity contribution < 1.29 is 4.74 Å². The molecule has 0 aliphatic heterocycles. The minimum atomic E-state index is 0. The van der Waals surface area contributed by atoms with E-state index >= 15 is 0 Å². The molecule has 132 valence electrons. The lowest BCUT2D eigenvalue weighted by Crippen LogP contribution is -2.39. The van der Waals surface area contributed by atoms with Gasteiger partial charge in [0.1, 0.15) is 12.4 Å². The van der Waals surface area contributed by atoms with Crippen molar-refractivity contribution in [3.8, 4) is 5.75 Å². The summed E-state index contributed by atoms with van der Waals surface area (Å²) in [7, 11) is 0. The normalized spacial score (nSPS) is 10.9. The van der Waals surface area contributed by atoms with Crippen molar-refractivity contribution in [1.29, 1.82) is 0 Å². The van der Waals surface area contributed by atoms with E-state index in [4.69, 9.17) is 4.74 Å². The predicted molar refractivity (Wildman–Crippen MR) is 112 cm³/mol. The molecule has 1 heterocycles. The molecule has 2 rings (SSSR count). The van der Waals surface area contributed by atoms with Crippen LogP contribution in [-0.2, 0) is 6.54 Å². The topological polar surface area (TPSA) is 58.5 Å². The first-order chi connectivity index (χ1) is 11.2. The van der Waals surface area contributed by atoms with E-state index < -0.39 is 0 Å². The molecule has 7 heteroatoms. The van der Waals surface area contributed by atoms with Crippen molar-refractivity contribution in [2.24, 2.45) is 4.99 Å². The number of benzene rings is 1. The van der Waals surface area contributed by atoms with Gasteiger partial charge in [0.15, 0.2) is 5.96 Å². The molecule has 0 unspecified atom stereocenters. The zero-order valence-electron chi connectivity index (χ0n) is 14.3. The van der Waals surface area contributed by atoms with Crippen molar-refractivity contribution in [3.05, 3.63) is 45.9 Å². The number of aliphatic imine (C=N–C) groups is 1. The second-order valence-corrected chi connectivity index (χ2v) is 6.45. The molecule has 0 radical (unpaired) electrons. The largest absolute Gasteiger partial charge is 0.492 e. The summed E-state index contributed by atoms with van der Waals surface area (Å²) in [6, 6.07) is 8.07. The Hall–Kier alpha value is -1.35. The maximum atomic E-state index is 5.70. The molecule has 0 aliphatic carbocycles. The second kappa shape index (κ2) is 11.2. The summed E-state index contributed by atoms with van der Waals surface area (Å²) in [5, 5.41) is 7.58. The Kier molecular flexibility index (Phi) is 9.70. The fourth-order valence-corrected chi connectivity index (χ4v) is 2.67. The number of aryl methyl sites for hydroxylation is 2. The van der Waals surface area contributed by atoms with Gasteiger partial charge in [-0.3, -0.25) is 0 Å². The molecule has 5 nitrogen and oxygen atoms in total. The molecule has 0 fully saturated rings. The first kappa shape index (κ1) is 20.7. The number of halogens is 1. The zero-order chi connectivity index (χ0) is 16.5. The maximum absolute atomic E-state index is 5.70.